The molecule has 1 aliphatic heterocycles. The maximum atomic E-state index is 5.85. The van der Waals surface area contributed by atoms with Crippen molar-refractivity contribution >= 4 is 5.82 Å². The quantitative estimate of drug-likeness (QED) is 0.764. The minimum absolute atomic E-state index is 0.294. The van der Waals surface area contributed by atoms with Crippen molar-refractivity contribution in [3.8, 4) is 5.75 Å². The molecule has 0 saturated carbocycles. The molecule has 4 heteroatoms. The van der Waals surface area contributed by atoms with E-state index in [1.54, 1.807) is 12.3 Å². The number of nitrogens with two attached hydrogens (primary N) is 1. The number of hydrogen-bond donors (Lipinski definition) is 2. The van der Waals surface area contributed by atoms with Gasteiger partial charge in [-0.25, -0.2) is 4.98 Å². The van der Waals surface area contributed by atoms with E-state index in [2.05, 4.69) is 17.2 Å². The van der Waals surface area contributed by atoms with Crippen molar-refractivity contribution in [2.45, 2.75) is 31.9 Å². The van der Waals surface area contributed by atoms with E-state index in [4.69, 9.17) is 10.5 Å². The third kappa shape index (κ3) is 2.83. The van der Waals surface area contributed by atoms with Crippen LogP contribution in [0.15, 0.2) is 18.3 Å². The Bertz CT molecular complexity index is 329. The van der Waals surface area contributed by atoms with Gasteiger partial charge < -0.3 is 15.8 Å². The van der Waals surface area contributed by atoms with Crippen LogP contribution in [-0.2, 0) is 0 Å². The monoisotopic (exact) mass is 207 g/mol. The average Bonchev–Trinajstić information content (AvgIpc) is 2.17. The lowest BCUT2D eigenvalue weighted by atomic mass is 10.0. The van der Waals surface area contributed by atoms with Gasteiger partial charge in [0.05, 0.1) is 0 Å². The van der Waals surface area contributed by atoms with Crippen molar-refractivity contribution in [2.24, 2.45) is 0 Å². The fourth-order valence-corrected chi connectivity index (χ4v) is 1.89. The number of anilines is 1. The second-order valence-electron chi connectivity index (χ2n) is 4.04. The van der Waals surface area contributed by atoms with E-state index in [-0.39, 0.29) is 0 Å². The zero-order valence-corrected chi connectivity index (χ0v) is 8.94. The lowest BCUT2D eigenvalue weighted by Crippen LogP contribution is -2.40. The number of nitrogens with one attached hydrogen (secondary N) is 1. The van der Waals surface area contributed by atoms with Crippen molar-refractivity contribution < 1.29 is 4.74 Å². The maximum Gasteiger partial charge on any atom is 0.126 e. The zero-order valence-electron chi connectivity index (χ0n) is 8.94. The van der Waals surface area contributed by atoms with Gasteiger partial charge in [-0.05, 0) is 32.4 Å². The van der Waals surface area contributed by atoms with Gasteiger partial charge in [0.15, 0.2) is 0 Å². The second kappa shape index (κ2) is 4.49. The third-order valence-corrected chi connectivity index (χ3v) is 2.63. The Kier molecular flexibility index (Phi) is 3.06. The summed E-state index contributed by atoms with van der Waals surface area (Å²) in [5, 5.41) is 3.39. The molecule has 1 aromatic rings. The minimum Gasteiger partial charge on any atom is -0.490 e. The first-order chi connectivity index (χ1) is 7.24. The van der Waals surface area contributed by atoms with Crippen LogP contribution in [0.4, 0.5) is 5.82 Å². The Balaban J connectivity index is 1.96. The molecule has 2 atom stereocenters. The van der Waals surface area contributed by atoms with Crippen molar-refractivity contribution in [1.29, 1.82) is 0 Å². The Morgan fingerprint density at radius 1 is 1.60 bits per heavy atom. The molecule has 15 heavy (non-hydrogen) atoms. The smallest absolute Gasteiger partial charge is 0.126 e. The standard InChI is InChI=1S/C11H17N3O/c1-8-6-9(2-4-13-8)15-10-3-5-14-11(12)7-10/h3,5,7-9,13H,2,4,6H2,1H3,(H2,12,14). The van der Waals surface area contributed by atoms with E-state index >= 15 is 0 Å². The molecule has 2 unspecified atom stereocenters. The van der Waals surface area contributed by atoms with Gasteiger partial charge in [-0.3, -0.25) is 0 Å². The maximum absolute atomic E-state index is 5.85. The predicted octanol–water partition coefficient (Wildman–Crippen LogP) is 1.18. The van der Waals surface area contributed by atoms with Gasteiger partial charge in [-0.2, -0.15) is 0 Å². The molecular formula is C11H17N3O. The Labute approximate surface area is 89.8 Å². The van der Waals surface area contributed by atoms with Crippen LogP contribution in [0.2, 0.25) is 0 Å². The van der Waals surface area contributed by atoms with E-state index in [0.717, 1.165) is 25.1 Å². The lowest BCUT2D eigenvalue weighted by Gasteiger charge is -2.28. The highest BCUT2D eigenvalue weighted by Crippen LogP contribution is 2.19. The van der Waals surface area contributed by atoms with Crippen LogP contribution in [0, 0.1) is 0 Å². The van der Waals surface area contributed by atoms with Crippen LogP contribution in [0.25, 0.3) is 0 Å². The van der Waals surface area contributed by atoms with Crippen LogP contribution in [0.5, 0.6) is 5.75 Å². The van der Waals surface area contributed by atoms with Crippen molar-refractivity contribution in [1.82, 2.24) is 10.3 Å². The summed E-state index contributed by atoms with van der Waals surface area (Å²) in [6.07, 6.45) is 4.06. The molecule has 0 aromatic carbocycles. The normalized spacial score (nSPS) is 26.2. The number of aromatic nitrogens is 1. The van der Waals surface area contributed by atoms with Gasteiger partial charge in [0, 0.05) is 18.3 Å². The van der Waals surface area contributed by atoms with Crippen LogP contribution in [0.3, 0.4) is 0 Å². The molecule has 0 spiro atoms. The fraction of sp³-hybridized carbons (Fsp3) is 0.545. The molecule has 1 fully saturated rings. The highest BCUT2D eigenvalue weighted by molar-refractivity contribution is 5.35. The number of hydrogen-bond acceptors (Lipinski definition) is 4. The van der Waals surface area contributed by atoms with E-state index in [1.807, 2.05) is 6.07 Å². The van der Waals surface area contributed by atoms with Gasteiger partial charge in [0.25, 0.3) is 0 Å². The minimum atomic E-state index is 0.294. The lowest BCUT2D eigenvalue weighted by molar-refractivity contribution is 0.144. The van der Waals surface area contributed by atoms with Crippen molar-refractivity contribution in [2.75, 3.05) is 12.3 Å². The molecule has 3 N–H and O–H groups in total. The SMILES string of the molecule is CC1CC(Oc2ccnc(N)c2)CCN1. The van der Waals surface area contributed by atoms with Gasteiger partial charge in [0.1, 0.15) is 17.7 Å². The first kappa shape index (κ1) is 10.2. The number of piperidine rings is 1. The second-order valence-corrected chi connectivity index (χ2v) is 4.04. The molecular weight excluding hydrogens is 190 g/mol. The molecule has 0 bridgehead atoms. The summed E-state index contributed by atoms with van der Waals surface area (Å²) in [5.41, 5.74) is 5.59. The first-order valence-electron chi connectivity index (χ1n) is 5.35. The number of rotatable bonds is 2. The molecule has 0 amide bonds. The van der Waals surface area contributed by atoms with E-state index < -0.39 is 0 Å². The van der Waals surface area contributed by atoms with Gasteiger partial charge >= 0.3 is 0 Å². The third-order valence-electron chi connectivity index (χ3n) is 2.63. The summed E-state index contributed by atoms with van der Waals surface area (Å²) >= 11 is 0. The number of nitrogens with zero attached hydrogens (tertiary/aromatic N) is 1. The highest BCUT2D eigenvalue weighted by Gasteiger charge is 2.19. The average molecular weight is 207 g/mol. The molecule has 4 nitrogen and oxygen atoms in total. The molecule has 1 aromatic heterocycles. The molecule has 2 heterocycles. The summed E-state index contributed by atoms with van der Waals surface area (Å²) in [5.74, 6) is 1.33. The van der Waals surface area contributed by atoms with E-state index in [1.165, 1.54) is 0 Å². The summed E-state index contributed by atoms with van der Waals surface area (Å²) in [4.78, 5) is 3.93. The van der Waals surface area contributed by atoms with Crippen molar-refractivity contribution in [3.05, 3.63) is 18.3 Å². The zero-order chi connectivity index (χ0) is 10.7. The fourth-order valence-electron chi connectivity index (χ4n) is 1.89. The van der Waals surface area contributed by atoms with Crippen LogP contribution in [-0.4, -0.2) is 23.7 Å². The van der Waals surface area contributed by atoms with E-state index in [9.17, 15) is 0 Å². The number of pyridine rings is 1. The Morgan fingerprint density at radius 3 is 3.20 bits per heavy atom. The molecule has 1 aliphatic rings. The molecule has 82 valence electrons. The topological polar surface area (TPSA) is 60.2 Å². The summed E-state index contributed by atoms with van der Waals surface area (Å²) in [6, 6.07) is 4.15. The number of ether oxygens (including phenoxy) is 1. The van der Waals surface area contributed by atoms with Crippen molar-refractivity contribution in [3.63, 3.8) is 0 Å². The Morgan fingerprint density at radius 2 is 2.47 bits per heavy atom. The largest absolute Gasteiger partial charge is 0.490 e. The summed E-state index contributed by atoms with van der Waals surface area (Å²) in [6.45, 7) is 3.20. The van der Waals surface area contributed by atoms with Crippen LogP contribution >= 0.6 is 0 Å². The summed E-state index contributed by atoms with van der Waals surface area (Å²) < 4.78 is 5.85. The molecule has 2 rings (SSSR count). The van der Waals surface area contributed by atoms with Gasteiger partial charge in [0.2, 0.25) is 0 Å². The highest BCUT2D eigenvalue weighted by atomic mass is 16.5. The first-order valence-corrected chi connectivity index (χ1v) is 5.35. The van der Waals surface area contributed by atoms with Crippen LogP contribution in [0.1, 0.15) is 19.8 Å². The predicted molar refractivity (Wildman–Crippen MR) is 59.8 cm³/mol. The van der Waals surface area contributed by atoms with Gasteiger partial charge in [-0.1, -0.05) is 0 Å². The van der Waals surface area contributed by atoms with Gasteiger partial charge in [-0.15, -0.1) is 0 Å². The van der Waals surface area contributed by atoms with Crippen LogP contribution < -0.4 is 15.8 Å². The molecule has 0 aliphatic carbocycles. The molecule has 0 radical (unpaired) electrons. The summed E-state index contributed by atoms with van der Waals surface area (Å²) in [7, 11) is 0. The number of nitrogen functional groups attached to an aromatic ring is 1. The molecule has 1 saturated heterocycles. The Hall–Kier alpha value is -1.29. The van der Waals surface area contributed by atoms with E-state index in [0.29, 0.717) is 18.0 Å².